The Morgan fingerprint density at radius 1 is 1.35 bits per heavy atom. The number of nitrogens with zero attached hydrogens (tertiary/aromatic N) is 2. The van der Waals surface area contributed by atoms with E-state index in [0.717, 1.165) is 13.1 Å². The van der Waals surface area contributed by atoms with Crippen molar-refractivity contribution < 1.29 is 9.18 Å². The van der Waals surface area contributed by atoms with Crippen LogP contribution in [0.3, 0.4) is 0 Å². The van der Waals surface area contributed by atoms with Crippen LogP contribution in [0.25, 0.3) is 0 Å². The first kappa shape index (κ1) is 12.2. The second kappa shape index (κ2) is 4.94. The van der Waals surface area contributed by atoms with E-state index in [4.69, 9.17) is 0 Å². The molecule has 1 atom stereocenters. The molecule has 0 aromatic heterocycles. The number of piperazine rings is 1. The van der Waals surface area contributed by atoms with E-state index in [1.807, 2.05) is 19.0 Å². The highest BCUT2D eigenvalue weighted by Crippen LogP contribution is 2.13. The molecule has 1 aliphatic rings. The molecule has 0 N–H and O–H groups in total. The van der Waals surface area contributed by atoms with Crippen LogP contribution in [0.2, 0.25) is 0 Å². The van der Waals surface area contributed by atoms with Gasteiger partial charge in [0.1, 0.15) is 5.82 Å². The summed E-state index contributed by atoms with van der Waals surface area (Å²) in [5.41, 5.74) is 0.456. The molecule has 1 fully saturated rings. The van der Waals surface area contributed by atoms with Crippen molar-refractivity contribution in [3.63, 3.8) is 0 Å². The van der Waals surface area contributed by atoms with Gasteiger partial charge in [-0.15, -0.1) is 0 Å². The molecule has 4 heteroatoms. The van der Waals surface area contributed by atoms with Crippen LogP contribution in [0.5, 0.6) is 0 Å². The third-order valence-corrected chi connectivity index (χ3v) is 3.26. The van der Waals surface area contributed by atoms with Crippen LogP contribution in [-0.4, -0.2) is 55.4 Å². The number of halogens is 1. The second-order valence-electron chi connectivity index (χ2n) is 4.63. The molecule has 0 spiro atoms. The molecule has 1 aromatic carbocycles. The lowest BCUT2D eigenvalue weighted by Crippen LogP contribution is -2.53. The summed E-state index contributed by atoms with van der Waals surface area (Å²) in [5, 5.41) is 0. The average molecular weight is 236 g/mol. The van der Waals surface area contributed by atoms with Gasteiger partial charge in [-0.1, -0.05) is 12.1 Å². The summed E-state index contributed by atoms with van der Waals surface area (Å²) in [4.78, 5) is 16.4. The van der Waals surface area contributed by atoms with E-state index in [-0.39, 0.29) is 17.6 Å². The number of rotatable bonds is 2. The SMILES string of the molecule is CN1CCN(C)C(C(=O)c2cccc(F)c2)C1. The number of benzene rings is 1. The molecule has 1 aliphatic heterocycles. The molecular weight excluding hydrogens is 219 g/mol. The second-order valence-corrected chi connectivity index (χ2v) is 4.63. The Kier molecular flexibility index (Phi) is 3.54. The van der Waals surface area contributed by atoms with E-state index >= 15 is 0 Å². The summed E-state index contributed by atoms with van der Waals surface area (Å²) < 4.78 is 13.1. The van der Waals surface area contributed by atoms with Crippen LogP contribution < -0.4 is 0 Å². The predicted molar refractivity (Wildman–Crippen MR) is 64.6 cm³/mol. The molecular formula is C13H17FN2O. The molecule has 0 radical (unpaired) electrons. The third-order valence-electron chi connectivity index (χ3n) is 3.26. The number of carbonyl (C=O) groups excluding carboxylic acids is 1. The largest absolute Gasteiger partial charge is 0.303 e. The average Bonchev–Trinajstić information content (AvgIpc) is 2.31. The van der Waals surface area contributed by atoms with Gasteiger partial charge in [-0.3, -0.25) is 9.69 Å². The summed E-state index contributed by atoms with van der Waals surface area (Å²) >= 11 is 0. The minimum atomic E-state index is -0.359. The van der Waals surface area contributed by atoms with Crippen LogP contribution in [0, 0.1) is 5.82 Å². The van der Waals surface area contributed by atoms with E-state index in [0.29, 0.717) is 12.1 Å². The Morgan fingerprint density at radius 3 is 2.82 bits per heavy atom. The topological polar surface area (TPSA) is 23.6 Å². The van der Waals surface area contributed by atoms with Crippen molar-refractivity contribution in [2.45, 2.75) is 6.04 Å². The molecule has 0 amide bonds. The van der Waals surface area contributed by atoms with Gasteiger partial charge in [0.25, 0.3) is 0 Å². The number of likely N-dealkylation sites (N-methyl/N-ethyl adjacent to an activating group) is 2. The molecule has 3 nitrogen and oxygen atoms in total. The summed E-state index contributed by atoms with van der Waals surface area (Å²) in [7, 11) is 3.94. The van der Waals surface area contributed by atoms with Gasteiger partial charge in [-0.2, -0.15) is 0 Å². The fraction of sp³-hybridized carbons (Fsp3) is 0.462. The lowest BCUT2D eigenvalue weighted by Gasteiger charge is -2.36. The summed E-state index contributed by atoms with van der Waals surface area (Å²) in [6.07, 6.45) is 0. The minimum absolute atomic E-state index is 0.00134. The van der Waals surface area contributed by atoms with Crippen molar-refractivity contribution in [3.05, 3.63) is 35.6 Å². The van der Waals surface area contributed by atoms with Gasteiger partial charge in [0, 0.05) is 25.2 Å². The predicted octanol–water partition coefficient (Wildman–Crippen LogP) is 1.25. The van der Waals surface area contributed by atoms with Gasteiger partial charge in [0.15, 0.2) is 5.78 Å². The highest BCUT2D eigenvalue weighted by molar-refractivity contribution is 6.00. The monoisotopic (exact) mass is 236 g/mol. The Bertz CT molecular complexity index is 422. The van der Waals surface area contributed by atoms with E-state index in [1.165, 1.54) is 12.1 Å². The van der Waals surface area contributed by atoms with Gasteiger partial charge >= 0.3 is 0 Å². The number of hydrogen-bond acceptors (Lipinski definition) is 3. The molecule has 1 heterocycles. The molecule has 2 rings (SSSR count). The Hall–Kier alpha value is -1.26. The van der Waals surface area contributed by atoms with Crippen molar-refractivity contribution >= 4 is 5.78 Å². The number of carbonyl (C=O) groups is 1. The van der Waals surface area contributed by atoms with Gasteiger partial charge in [-0.05, 0) is 26.2 Å². The maximum Gasteiger partial charge on any atom is 0.181 e. The van der Waals surface area contributed by atoms with Gasteiger partial charge in [0.2, 0.25) is 0 Å². The maximum absolute atomic E-state index is 13.1. The van der Waals surface area contributed by atoms with Gasteiger partial charge < -0.3 is 4.90 Å². The van der Waals surface area contributed by atoms with Crippen LogP contribution in [0.1, 0.15) is 10.4 Å². The van der Waals surface area contributed by atoms with Crippen molar-refractivity contribution in [2.75, 3.05) is 33.7 Å². The van der Waals surface area contributed by atoms with Crippen LogP contribution >= 0.6 is 0 Å². The lowest BCUT2D eigenvalue weighted by atomic mass is 10.0. The van der Waals surface area contributed by atoms with Gasteiger partial charge in [-0.25, -0.2) is 4.39 Å². The van der Waals surface area contributed by atoms with E-state index in [2.05, 4.69) is 4.90 Å². The number of hydrogen-bond donors (Lipinski definition) is 0. The maximum atomic E-state index is 13.1. The molecule has 1 unspecified atom stereocenters. The Morgan fingerprint density at radius 2 is 2.12 bits per heavy atom. The molecule has 1 aromatic rings. The van der Waals surface area contributed by atoms with Crippen LogP contribution in [0.4, 0.5) is 4.39 Å². The molecule has 92 valence electrons. The first-order valence-electron chi connectivity index (χ1n) is 5.76. The van der Waals surface area contributed by atoms with E-state index < -0.39 is 0 Å². The fourth-order valence-electron chi connectivity index (χ4n) is 2.13. The molecule has 0 bridgehead atoms. The number of ketones is 1. The highest BCUT2D eigenvalue weighted by Gasteiger charge is 2.29. The number of Topliss-reactive ketones (excluding diaryl/α,β-unsaturated/α-hetero) is 1. The normalized spacial score (nSPS) is 22.6. The first-order valence-corrected chi connectivity index (χ1v) is 5.76. The Balaban J connectivity index is 2.18. The molecule has 0 aliphatic carbocycles. The van der Waals surface area contributed by atoms with Crippen molar-refractivity contribution in [3.8, 4) is 0 Å². The molecule has 17 heavy (non-hydrogen) atoms. The van der Waals surface area contributed by atoms with Crippen molar-refractivity contribution in [1.82, 2.24) is 9.80 Å². The van der Waals surface area contributed by atoms with Crippen LogP contribution in [-0.2, 0) is 0 Å². The summed E-state index contributed by atoms with van der Waals surface area (Å²) in [6.45, 7) is 2.53. The first-order chi connectivity index (χ1) is 8.08. The third kappa shape index (κ3) is 2.70. The van der Waals surface area contributed by atoms with E-state index in [9.17, 15) is 9.18 Å². The highest BCUT2D eigenvalue weighted by atomic mass is 19.1. The zero-order chi connectivity index (χ0) is 12.4. The standard InChI is InChI=1S/C13H17FN2O/c1-15-6-7-16(2)12(9-15)13(17)10-4-3-5-11(14)8-10/h3-5,8,12H,6-7,9H2,1-2H3. The zero-order valence-corrected chi connectivity index (χ0v) is 10.2. The minimum Gasteiger partial charge on any atom is -0.303 e. The lowest BCUT2D eigenvalue weighted by molar-refractivity contribution is 0.0686. The smallest absolute Gasteiger partial charge is 0.181 e. The quantitative estimate of drug-likeness (QED) is 0.722. The van der Waals surface area contributed by atoms with Crippen molar-refractivity contribution in [2.24, 2.45) is 0 Å². The van der Waals surface area contributed by atoms with Crippen LogP contribution in [0.15, 0.2) is 24.3 Å². The summed E-state index contributed by atoms with van der Waals surface area (Å²) in [5.74, 6) is -0.360. The molecule has 1 saturated heterocycles. The fourth-order valence-corrected chi connectivity index (χ4v) is 2.13. The van der Waals surface area contributed by atoms with Gasteiger partial charge in [0.05, 0.1) is 6.04 Å². The zero-order valence-electron chi connectivity index (χ0n) is 10.2. The van der Waals surface area contributed by atoms with E-state index in [1.54, 1.807) is 12.1 Å². The Labute approximate surface area is 101 Å². The summed E-state index contributed by atoms with van der Waals surface area (Å²) in [6, 6.07) is 5.75. The molecule has 0 saturated carbocycles. The van der Waals surface area contributed by atoms with Crippen molar-refractivity contribution in [1.29, 1.82) is 0 Å².